The second-order valence-electron chi connectivity index (χ2n) is 8.54. The zero-order valence-electron chi connectivity index (χ0n) is 18.3. The fraction of sp³-hybridized carbons (Fsp3) is 0.200. The van der Waals surface area contributed by atoms with Gasteiger partial charge in [-0.15, -0.1) is 0 Å². The second kappa shape index (κ2) is 7.89. The van der Waals surface area contributed by atoms with Crippen LogP contribution in [0.25, 0.3) is 16.5 Å². The van der Waals surface area contributed by atoms with Crippen molar-refractivity contribution in [3.05, 3.63) is 81.6 Å². The van der Waals surface area contributed by atoms with Gasteiger partial charge in [0, 0.05) is 22.3 Å². The minimum absolute atomic E-state index is 0.166. The van der Waals surface area contributed by atoms with Gasteiger partial charge >= 0.3 is 5.69 Å². The molecule has 2 aliphatic heterocycles. The zero-order valence-corrected chi connectivity index (χ0v) is 19.0. The van der Waals surface area contributed by atoms with Gasteiger partial charge in [0.1, 0.15) is 23.2 Å². The number of rotatable bonds is 4. The van der Waals surface area contributed by atoms with Crippen LogP contribution in [0, 0.1) is 11.3 Å². The SMILES string of the molecule is N#Cc1ncc(-n2c(O)c3n(c2=O)[C@H]2C[C@@H]3N(C(=O)COc3ccc(Cl)cc3)C2)c2ccccc12. The van der Waals surface area contributed by atoms with E-state index in [4.69, 9.17) is 16.3 Å². The lowest BCUT2D eigenvalue weighted by atomic mass is 10.1. The molecule has 0 unspecified atom stereocenters. The highest BCUT2D eigenvalue weighted by molar-refractivity contribution is 6.30. The van der Waals surface area contributed by atoms with Crippen molar-refractivity contribution in [2.24, 2.45) is 0 Å². The molecule has 1 fully saturated rings. The van der Waals surface area contributed by atoms with Gasteiger partial charge in [0.15, 0.2) is 6.61 Å². The smallest absolute Gasteiger partial charge is 0.336 e. The molecule has 4 aromatic rings. The Kier molecular flexibility index (Phi) is 4.79. The number of hydrogen-bond donors (Lipinski definition) is 1. The van der Waals surface area contributed by atoms with Crippen LogP contribution in [-0.2, 0) is 4.79 Å². The van der Waals surface area contributed by atoms with Crippen molar-refractivity contribution in [3.63, 3.8) is 0 Å². The third-order valence-electron chi connectivity index (χ3n) is 6.67. The molecule has 0 saturated carbocycles. The Hall–Kier alpha value is -4.29. The second-order valence-corrected chi connectivity index (χ2v) is 8.98. The van der Waals surface area contributed by atoms with Crippen molar-refractivity contribution in [2.75, 3.05) is 13.2 Å². The Labute approximate surface area is 204 Å². The van der Waals surface area contributed by atoms with E-state index in [0.717, 1.165) is 0 Å². The molecule has 2 aromatic heterocycles. The predicted octanol–water partition coefficient (Wildman–Crippen LogP) is 3.32. The lowest BCUT2D eigenvalue weighted by Gasteiger charge is -2.27. The Bertz CT molecular complexity index is 1600. The maximum Gasteiger partial charge on any atom is 0.336 e. The van der Waals surface area contributed by atoms with Gasteiger partial charge in [-0.1, -0.05) is 35.9 Å². The van der Waals surface area contributed by atoms with E-state index in [1.807, 2.05) is 0 Å². The lowest BCUT2D eigenvalue weighted by Crippen LogP contribution is -2.40. The Morgan fingerprint density at radius 1 is 1.20 bits per heavy atom. The number of halogens is 1. The molecule has 0 aliphatic carbocycles. The number of ether oxygens (including phenoxy) is 1. The number of imidazole rings is 1. The number of pyridine rings is 1. The van der Waals surface area contributed by atoms with Crippen LogP contribution in [-0.4, -0.2) is 43.2 Å². The topological polar surface area (TPSA) is 113 Å². The van der Waals surface area contributed by atoms with Crippen molar-refractivity contribution >= 4 is 28.3 Å². The van der Waals surface area contributed by atoms with Gasteiger partial charge in [-0.25, -0.2) is 14.3 Å². The monoisotopic (exact) mass is 487 g/mol. The first-order valence-corrected chi connectivity index (χ1v) is 11.4. The first kappa shape index (κ1) is 21.3. The molecule has 6 rings (SSSR count). The summed E-state index contributed by atoms with van der Waals surface area (Å²) in [7, 11) is 0. The van der Waals surface area contributed by atoms with E-state index in [9.17, 15) is 20.0 Å². The van der Waals surface area contributed by atoms with Gasteiger partial charge < -0.3 is 14.7 Å². The van der Waals surface area contributed by atoms with Crippen LogP contribution in [0.3, 0.4) is 0 Å². The van der Waals surface area contributed by atoms with E-state index in [0.29, 0.717) is 45.9 Å². The number of benzene rings is 2. The fourth-order valence-corrected chi connectivity index (χ4v) is 5.27. The summed E-state index contributed by atoms with van der Waals surface area (Å²) in [5, 5.41) is 22.4. The molecular formula is C25H18ClN5O4. The van der Waals surface area contributed by atoms with Gasteiger partial charge in [0.05, 0.1) is 24.0 Å². The van der Waals surface area contributed by atoms with Crippen LogP contribution in [0.15, 0.2) is 59.5 Å². The first-order valence-electron chi connectivity index (χ1n) is 11.0. The number of hydrogen-bond acceptors (Lipinski definition) is 6. The molecule has 4 heterocycles. The van der Waals surface area contributed by atoms with Crippen LogP contribution < -0.4 is 10.4 Å². The Morgan fingerprint density at radius 3 is 2.69 bits per heavy atom. The molecule has 2 atom stereocenters. The highest BCUT2D eigenvalue weighted by atomic mass is 35.5. The number of amides is 1. The van der Waals surface area contributed by atoms with Crippen LogP contribution in [0.4, 0.5) is 0 Å². The van der Waals surface area contributed by atoms with Crippen LogP contribution in [0.1, 0.15) is 29.9 Å². The summed E-state index contributed by atoms with van der Waals surface area (Å²) < 4.78 is 8.39. The number of nitriles is 1. The number of likely N-dealkylation sites (tertiary alicyclic amines) is 1. The van der Waals surface area contributed by atoms with Crippen molar-refractivity contribution in [1.29, 1.82) is 5.26 Å². The molecule has 2 bridgehead atoms. The third-order valence-corrected chi connectivity index (χ3v) is 6.93. The summed E-state index contributed by atoms with van der Waals surface area (Å²) in [6.45, 7) is 0.191. The quantitative estimate of drug-likeness (QED) is 0.472. The first-order chi connectivity index (χ1) is 17.0. The number of aromatic nitrogens is 3. The Morgan fingerprint density at radius 2 is 1.94 bits per heavy atom. The van der Waals surface area contributed by atoms with Gasteiger partial charge in [-0.2, -0.15) is 5.26 Å². The molecule has 2 aliphatic rings. The number of aromatic hydroxyl groups is 1. The van der Waals surface area contributed by atoms with Gasteiger partial charge in [-0.05, 0) is 30.7 Å². The summed E-state index contributed by atoms with van der Waals surface area (Å²) in [4.78, 5) is 32.2. The minimum atomic E-state index is -0.437. The van der Waals surface area contributed by atoms with Crippen LogP contribution >= 0.6 is 11.6 Å². The molecule has 10 heteroatoms. The molecule has 1 N–H and O–H groups in total. The summed E-state index contributed by atoms with van der Waals surface area (Å²) in [6, 6.07) is 15.2. The molecular weight excluding hydrogens is 470 g/mol. The number of carbonyl (C=O) groups excluding carboxylic acids is 1. The number of fused-ring (bicyclic) bond motifs is 6. The van der Waals surface area contributed by atoms with Crippen molar-refractivity contribution in [1.82, 2.24) is 19.0 Å². The molecule has 1 saturated heterocycles. The Balaban J connectivity index is 1.34. The lowest BCUT2D eigenvalue weighted by molar-refractivity contribution is -0.134. The van der Waals surface area contributed by atoms with E-state index >= 15 is 0 Å². The van der Waals surface area contributed by atoms with Crippen molar-refractivity contribution in [3.8, 4) is 23.4 Å². The summed E-state index contributed by atoms with van der Waals surface area (Å²) >= 11 is 5.89. The van der Waals surface area contributed by atoms with Crippen molar-refractivity contribution < 1.29 is 14.6 Å². The minimum Gasteiger partial charge on any atom is -0.493 e. The molecule has 9 nitrogen and oxygen atoms in total. The zero-order chi connectivity index (χ0) is 24.3. The molecule has 0 radical (unpaired) electrons. The summed E-state index contributed by atoms with van der Waals surface area (Å²) in [5.74, 6) is 0.0669. The van der Waals surface area contributed by atoms with Crippen molar-refractivity contribution in [2.45, 2.75) is 18.5 Å². The van der Waals surface area contributed by atoms with Gasteiger partial charge in [-0.3, -0.25) is 9.36 Å². The molecule has 2 aromatic carbocycles. The van der Waals surface area contributed by atoms with E-state index in [-0.39, 0.29) is 30.1 Å². The molecule has 1 amide bonds. The predicted molar refractivity (Wildman–Crippen MR) is 127 cm³/mol. The highest BCUT2D eigenvalue weighted by Gasteiger charge is 2.49. The molecule has 35 heavy (non-hydrogen) atoms. The third kappa shape index (κ3) is 3.18. The summed E-state index contributed by atoms with van der Waals surface area (Å²) in [5.41, 5.74) is 0.624. The fourth-order valence-electron chi connectivity index (χ4n) is 5.14. The maximum absolute atomic E-state index is 13.4. The largest absolute Gasteiger partial charge is 0.493 e. The van der Waals surface area contributed by atoms with Gasteiger partial charge in [0.25, 0.3) is 5.91 Å². The van der Waals surface area contributed by atoms with E-state index in [1.165, 1.54) is 10.8 Å². The normalized spacial score (nSPS) is 18.0. The van der Waals surface area contributed by atoms with E-state index < -0.39 is 11.7 Å². The summed E-state index contributed by atoms with van der Waals surface area (Å²) in [6.07, 6.45) is 1.97. The molecule has 174 valence electrons. The average molecular weight is 488 g/mol. The van der Waals surface area contributed by atoms with Crippen LogP contribution in [0.2, 0.25) is 5.02 Å². The van der Waals surface area contributed by atoms with E-state index in [1.54, 1.807) is 58.0 Å². The highest BCUT2D eigenvalue weighted by Crippen LogP contribution is 2.48. The van der Waals surface area contributed by atoms with Gasteiger partial charge in [0.2, 0.25) is 5.88 Å². The van der Waals surface area contributed by atoms with E-state index in [2.05, 4.69) is 11.1 Å². The maximum atomic E-state index is 13.4. The van der Waals surface area contributed by atoms with Crippen LogP contribution in [0.5, 0.6) is 11.6 Å². The number of carbonyl (C=O) groups is 1. The average Bonchev–Trinajstić information content (AvgIpc) is 3.54. The standard InChI is InChI=1S/C25H18ClN5O4/c26-14-5-7-16(8-6-14)35-13-22(32)29-12-15-9-20(29)23-24(33)31(25(34)30(15)23)21-11-28-19(10-27)17-3-1-2-4-18(17)21/h1-8,11,15,20,33H,9,12-13H2/t15-,20-/m0/s1. The molecule has 0 spiro atoms. The number of nitrogens with zero attached hydrogens (tertiary/aromatic N) is 5.